The van der Waals surface area contributed by atoms with Crippen LogP contribution in [0.5, 0.6) is 5.75 Å². The standard InChI is InChI=1S/C23H25ClN2O3/c24-18-5-1-4-17(14-18)21-6-2-12-26(21)23(28)7-3-13-29-19-9-10-20-16(15-19)8-11-22(27)25-20/h1,4-5,9-10,14-15,21H,2-3,6-8,11-13H2,(H,25,27). The van der Waals surface area contributed by atoms with Gasteiger partial charge in [-0.2, -0.15) is 0 Å². The number of fused-ring (bicyclic) bond motifs is 1. The lowest BCUT2D eigenvalue weighted by atomic mass is 10.0. The highest BCUT2D eigenvalue weighted by atomic mass is 35.5. The molecule has 152 valence electrons. The summed E-state index contributed by atoms with van der Waals surface area (Å²) in [5.41, 5.74) is 3.07. The van der Waals surface area contributed by atoms with Crippen molar-refractivity contribution in [3.63, 3.8) is 0 Å². The first-order valence-electron chi connectivity index (χ1n) is 10.2. The van der Waals surface area contributed by atoms with E-state index in [4.69, 9.17) is 16.3 Å². The summed E-state index contributed by atoms with van der Waals surface area (Å²) in [7, 11) is 0. The molecule has 2 aliphatic rings. The van der Waals surface area contributed by atoms with Gasteiger partial charge in [-0.05, 0) is 67.1 Å². The first-order valence-corrected chi connectivity index (χ1v) is 10.6. The number of hydrogen-bond acceptors (Lipinski definition) is 3. The Hall–Kier alpha value is -2.53. The molecular weight excluding hydrogens is 388 g/mol. The number of halogens is 1. The van der Waals surface area contributed by atoms with Gasteiger partial charge in [0.2, 0.25) is 11.8 Å². The third-order valence-electron chi connectivity index (χ3n) is 5.58. The molecule has 1 atom stereocenters. The topological polar surface area (TPSA) is 58.6 Å². The van der Waals surface area contributed by atoms with Crippen LogP contribution in [0.15, 0.2) is 42.5 Å². The smallest absolute Gasteiger partial charge is 0.224 e. The molecule has 5 nitrogen and oxygen atoms in total. The van der Waals surface area contributed by atoms with Crippen molar-refractivity contribution in [1.82, 2.24) is 4.90 Å². The fourth-order valence-corrected chi connectivity index (χ4v) is 4.33. The molecule has 0 spiro atoms. The normalized spacial score (nSPS) is 18.3. The molecule has 2 heterocycles. The molecule has 0 aliphatic carbocycles. The number of rotatable bonds is 6. The minimum atomic E-state index is 0.0580. The number of carbonyl (C=O) groups is 2. The Labute approximate surface area is 176 Å². The summed E-state index contributed by atoms with van der Waals surface area (Å²) in [4.78, 5) is 26.2. The third kappa shape index (κ3) is 4.73. The van der Waals surface area contributed by atoms with Gasteiger partial charge in [-0.25, -0.2) is 0 Å². The third-order valence-corrected chi connectivity index (χ3v) is 5.82. The Morgan fingerprint density at radius 2 is 2.10 bits per heavy atom. The number of likely N-dealkylation sites (tertiary alicyclic amines) is 1. The van der Waals surface area contributed by atoms with Crippen LogP contribution in [0.4, 0.5) is 5.69 Å². The number of ether oxygens (including phenoxy) is 1. The van der Waals surface area contributed by atoms with E-state index in [0.717, 1.165) is 48.4 Å². The Morgan fingerprint density at radius 3 is 2.97 bits per heavy atom. The SMILES string of the molecule is O=C1CCc2cc(OCCCC(=O)N3CCCC3c3cccc(Cl)c3)ccc2N1. The van der Waals surface area contributed by atoms with E-state index < -0.39 is 0 Å². The largest absolute Gasteiger partial charge is 0.494 e. The first kappa shape index (κ1) is 19.8. The fraction of sp³-hybridized carbons (Fsp3) is 0.391. The lowest BCUT2D eigenvalue weighted by Crippen LogP contribution is -2.30. The molecule has 0 saturated carbocycles. The number of anilines is 1. The Kier molecular flexibility index (Phi) is 6.05. The van der Waals surface area contributed by atoms with Crippen LogP contribution in [0.3, 0.4) is 0 Å². The minimum Gasteiger partial charge on any atom is -0.494 e. The van der Waals surface area contributed by atoms with Crippen molar-refractivity contribution in [2.24, 2.45) is 0 Å². The molecule has 2 aromatic carbocycles. The maximum atomic E-state index is 12.7. The summed E-state index contributed by atoms with van der Waals surface area (Å²) in [5, 5.41) is 3.58. The molecule has 2 aromatic rings. The van der Waals surface area contributed by atoms with E-state index in [0.29, 0.717) is 30.9 Å². The van der Waals surface area contributed by atoms with Crippen molar-refractivity contribution >= 4 is 29.1 Å². The maximum absolute atomic E-state index is 12.7. The lowest BCUT2D eigenvalue weighted by molar-refractivity contribution is -0.132. The van der Waals surface area contributed by atoms with Crippen LogP contribution in [0.1, 0.15) is 49.3 Å². The Bertz CT molecular complexity index is 915. The van der Waals surface area contributed by atoms with Crippen LogP contribution >= 0.6 is 11.6 Å². The van der Waals surface area contributed by atoms with Crippen LogP contribution in [0, 0.1) is 0 Å². The van der Waals surface area contributed by atoms with Gasteiger partial charge in [0.15, 0.2) is 0 Å². The van der Waals surface area contributed by atoms with Crippen molar-refractivity contribution in [1.29, 1.82) is 0 Å². The molecule has 29 heavy (non-hydrogen) atoms. The van der Waals surface area contributed by atoms with Crippen LogP contribution < -0.4 is 10.1 Å². The van der Waals surface area contributed by atoms with Crippen LogP contribution in [-0.2, 0) is 16.0 Å². The molecule has 1 saturated heterocycles. The Morgan fingerprint density at radius 1 is 1.21 bits per heavy atom. The molecule has 1 fully saturated rings. The van der Waals surface area contributed by atoms with E-state index in [-0.39, 0.29) is 17.9 Å². The zero-order valence-corrected chi connectivity index (χ0v) is 17.1. The molecule has 0 aromatic heterocycles. The minimum absolute atomic E-state index is 0.0580. The number of nitrogens with one attached hydrogen (secondary N) is 1. The summed E-state index contributed by atoms with van der Waals surface area (Å²) < 4.78 is 5.84. The van der Waals surface area contributed by atoms with Crippen molar-refractivity contribution in [2.45, 2.75) is 44.6 Å². The molecule has 2 amide bonds. The van der Waals surface area contributed by atoms with Crippen molar-refractivity contribution in [3.8, 4) is 5.75 Å². The number of carbonyl (C=O) groups excluding carboxylic acids is 2. The van der Waals surface area contributed by atoms with E-state index in [1.165, 1.54) is 0 Å². The lowest BCUT2D eigenvalue weighted by Gasteiger charge is -2.25. The quantitative estimate of drug-likeness (QED) is 0.696. The van der Waals surface area contributed by atoms with Crippen molar-refractivity contribution in [3.05, 3.63) is 58.6 Å². The summed E-state index contributed by atoms with van der Waals surface area (Å²) in [5.74, 6) is 1.01. The highest BCUT2D eigenvalue weighted by Crippen LogP contribution is 2.33. The molecule has 0 bridgehead atoms. The van der Waals surface area contributed by atoms with E-state index >= 15 is 0 Å². The van der Waals surface area contributed by atoms with Gasteiger partial charge < -0.3 is 15.0 Å². The molecule has 6 heteroatoms. The van der Waals surface area contributed by atoms with Gasteiger partial charge in [0.05, 0.1) is 12.6 Å². The second-order valence-corrected chi connectivity index (χ2v) is 8.06. The first-order chi connectivity index (χ1) is 14.1. The van der Waals surface area contributed by atoms with Crippen molar-refractivity contribution in [2.75, 3.05) is 18.5 Å². The molecule has 1 unspecified atom stereocenters. The zero-order valence-electron chi connectivity index (χ0n) is 16.3. The average Bonchev–Trinajstić information content (AvgIpc) is 3.21. The molecule has 0 radical (unpaired) electrons. The van der Waals surface area contributed by atoms with Crippen LogP contribution in [0.2, 0.25) is 5.02 Å². The number of amides is 2. The highest BCUT2D eigenvalue weighted by molar-refractivity contribution is 6.30. The number of hydrogen-bond donors (Lipinski definition) is 1. The van der Waals surface area contributed by atoms with E-state index in [1.54, 1.807) is 0 Å². The highest BCUT2D eigenvalue weighted by Gasteiger charge is 2.29. The predicted octanol–water partition coefficient (Wildman–Crippen LogP) is 4.75. The summed E-state index contributed by atoms with van der Waals surface area (Å²) in [6.07, 6.45) is 4.38. The fourth-order valence-electron chi connectivity index (χ4n) is 4.13. The summed E-state index contributed by atoms with van der Waals surface area (Å²) in [6.45, 7) is 1.29. The van der Waals surface area contributed by atoms with E-state index in [9.17, 15) is 9.59 Å². The summed E-state index contributed by atoms with van der Waals surface area (Å²) >= 11 is 6.12. The molecule has 1 N–H and O–H groups in total. The second-order valence-electron chi connectivity index (χ2n) is 7.62. The number of benzene rings is 2. The monoisotopic (exact) mass is 412 g/mol. The molecule has 2 aliphatic heterocycles. The zero-order chi connectivity index (χ0) is 20.2. The van der Waals surface area contributed by atoms with E-state index in [2.05, 4.69) is 5.32 Å². The van der Waals surface area contributed by atoms with Gasteiger partial charge >= 0.3 is 0 Å². The van der Waals surface area contributed by atoms with Gasteiger partial charge in [-0.15, -0.1) is 0 Å². The van der Waals surface area contributed by atoms with Gasteiger partial charge in [-0.3, -0.25) is 9.59 Å². The number of aryl methyl sites for hydroxylation is 1. The van der Waals surface area contributed by atoms with Gasteiger partial charge in [0, 0.05) is 30.1 Å². The Balaban J connectivity index is 1.27. The molecule has 4 rings (SSSR count). The summed E-state index contributed by atoms with van der Waals surface area (Å²) in [6, 6.07) is 13.6. The number of nitrogens with zero attached hydrogens (tertiary/aromatic N) is 1. The second kappa shape index (κ2) is 8.87. The molecular formula is C23H25ClN2O3. The van der Waals surface area contributed by atoms with Gasteiger partial charge in [-0.1, -0.05) is 23.7 Å². The van der Waals surface area contributed by atoms with Crippen molar-refractivity contribution < 1.29 is 14.3 Å². The van der Waals surface area contributed by atoms with Gasteiger partial charge in [0.1, 0.15) is 5.75 Å². The van der Waals surface area contributed by atoms with Crippen LogP contribution in [-0.4, -0.2) is 29.9 Å². The van der Waals surface area contributed by atoms with E-state index in [1.807, 2.05) is 47.4 Å². The average molecular weight is 413 g/mol. The van der Waals surface area contributed by atoms with Gasteiger partial charge in [0.25, 0.3) is 0 Å². The predicted molar refractivity (Wildman–Crippen MR) is 113 cm³/mol. The van der Waals surface area contributed by atoms with Crippen LogP contribution in [0.25, 0.3) is 0 Å². The maximum Gasteiger partial charge on any atom is 0.224 e.